The van der Waals surface area contributed by atoms with Crippen molar-refractivity contribution >= 4 is 228 Å². The largest absolute Gasteiger partial charge is 0.508 e. The van der Waals surface area contributed by atoms with Gasteiger partial charge >= 0.3 is 0 Å². The van der Waals surface area contributed by atoms with Gasteiger partial charge in [0, 0.05) is 35.7 Å². The first-order valence-corrected chi connectivity index (χ1v) is 46.6. The number of thiazole rings is 7. The van der Waals surface area contributed by atoms with Crippen LogP contribution in [0.25, 0.3) is 71.5 Å². The summed E-state index contributed by atoms with van der Waals surface area (Å²) < 4.78 is 96.9. The van der Waals surface area contributed by atoms with Gasteiger partial charge in [0.2, 0.25) is 11.9 Å². The zero-order valence-electron chi connectivity index (χ0n) is 72.5. The van der Waals surface area contributed by atoms with Gasteiger partial charge in [0.25, 0.3) is 41.4 Å². The van der Waals surface area contributed by atoms with Crippen molar-refractivity contribution in [3.8, 4) is 17.2 Å². The predicted octanol–water partition coefficient (Wildman–Crippen LogP) is 23.1. The summed E-state index contributed by atoms with van der Waals surface area (Å²) in [6, 6.07) is 63.8. The number of carbonyl (C=O) groups excluding carboxylic acids is 7. The number of halogens is 7. The number of fused-ring (bicyclic) bond motifs is 7. The number of hydrogen-bond acceptors (Lipinski definition) is 29. The third-order valence-corrected chi connectivity index (χ3v) is 25.3. The number of nitrogens with zero attached hydrogens (tertiary/aromatic N) is 12. The lowest BCUT2D eigenvalue weighted by Gasteiger charge is -2.00. The number of nitrogens with one attached hydrogen (secondary N) is 7. The van der Waals surface area contributed by atoms with Crippen LogP contribution in [0.1, 0.15) is 95.4 Å². The number of phenolic OH excluding ortho intramolecular Hbond substituents is 3. The van der Waals surface area contributed by atoms with Crippen molar-refractivity contribution in [3.05, 3.63) is 370 Å². The predicted molar refractivity (Wildman–Crippen MR) is 531 cm³/mol. The monoisotopic (exact) mass is 2010 g/mol. The van der Waals surface area contributed by atoms with E-state index in [2.05, 4.69) is 97.0 Å². The fraction of sp³-hybridized carbons (Fsp3) is 0.0412. The first-order chi connectivity index (χ1) is 67.3. The van der Waals surface area contributed by atoms with Crippen LogP contribution in [0, 0.1) is 68.7 Å². The number of aryl methyl sites for hydroxylation is 4. The van der Waals surface area contributed by atoms with Crippen molar-refractivity contribution in [1.82, 2.24) is 59.8 Å². The van der Waals surface area contributed by atoms with Crippen molar-refractivity contribution in [2.75, 3.05) is 37.2 Å². The number of amides is 7. The molecule has 0 aliphatic heterocycles. The molecule has 0 aliphatic carbocycles. The van der Waals surface area contributed by atoms with Crippen LogP contribution >= 0.6 is 79.4 Å². The Morgan fingerprint density at radius 1 is 0.236 bits per heavy atom. The molecule has 0 fully saturated rings. The normalized spacial score (nSPS) is 10.7. The molecule has 21 rings (SSSR count). The summed E-state index contributed by atoms with van der Waals surface area (Å²) in [6.07, 6.45) is 3.46. The van der Waals surface area contributed by atoms with Gasteiger partial charge in [0.15, 0.2) is 35.9 Å². The molecule has 21 aromatic rings. The zero-order chi connectivity index (χ0) is 98.8. The summed E-state index contributed by atoms with van der Waals surface area (Å²) in [4.78, 5) is 132. The molecule has 0 saturated carbocycles. The standard InChI is InChI=1S/2C15H11FN2OS.2C14H10FN3OS.3C13H8FN3O2S/c1-9-2-7-12-13(8-9)20-15(17-12)18-14(19)10-3-5-11(16)6-4-10;1-9-5-6-12-13(7-9)20-15(17-12)18-14(19)10-3-2-4-11(16)8-10;1-8-2-3-10-12(6-8)20-14(17-10)18-13(19)11-7-9(15)4-5-16-11;1-8-5-6-9-11(7-8)20-14(17-9)18-13(19)10-3-2-4-12(15)16-10;14-7-1-3-10(15-6-7)12(19)17-13-16-9-4-2-8(18)5-11(9)20-13;14-7-3-4-15-10(5-7)12(19)17-13-16-9-2-1-8(18)6-11(9)20-13;14-11-3-1-2-9(15-11)12(19)17-13-16-8-5-4-7(18)6-10(8)20-13/h2*2-8H,1H3,(H,17,18,19);2*2-7H,1H3,(H,17,18,19);3*1-6,18H,(H,16,17,19)/i2*16-1;2*15-1;3*14-1. The van der Waals surface area contributed by atoms with E-state index in [9.17, 15) is 79.6 Å². The number of benzene rings is 9. The third kappa shape index (κ3) is 26.7. The third-order valence-electron chi connectivity index (χ3n) is 18.8. The molecule has 0 spiro atoms. The maximum atomic E-state index is 13.1. The number of hydrogen-bond donors (Lipinski definition) is 10. The molecule has 10 N–H and O–H groups in total. The van der Waals surface area contributed by atoms with Gasteiger partial charge in [-0.15, -0.1) is 0 Å². The van der Waals surface area contributed by atoms with Crippen molar-refractivity contribution in [3.63, 3.8) is 0 Å². The van der Waals surface area contributed by atoms with E-state index in [-0.39, 0.29) is 68.9 Å². The lowest BCUT2D eigenvalue weighted by Crippen LogP contribution is -2.13. The number of anilines is 7. The first kappa shape index (κ1) is 97.7. The fourth-order valence-corrected chi connectivity index (χ4v) is 18.8. The van der Waals surface area contributed by atoms with Crippen LogP contribution in [0.5, 0.6) is 17.2 Å². The lowest BCUT2D eigenvalue weighted by molar-refractivity contribution is 0.101. The summed E-state index contributed by atoms with van der Waals surface area (Å²) in [5.41, 5.74) is 10.7. The molecular weight excluding hydrogens is 1940 g/mol. The molecule has 0 saturated heterocycles. The minimum absolute atomic E-state index is 0.0212. The summed E-state index contributed by atoms with van der Waals surface area (Å²) in [5, 5.41) is 49.6. The second-order valence-electron chi connectivity index (χ2n) is 29.4. The van der Waals surface area contributed by atoms with Crippen LogP contribution in [-0.2, 0) is 0 Å². The Morgan fingerprint density at radius 3 is 0.836 bits per heavy atom. The molecular formula is C97H66F7N19O10S7. The molecule has 29 nitrogen and oxygen atoms in total. The Labute approximate surface area is 814 Å². The highest BCUT2D eigenvalue weighted by atomic mass is 32.1. The zero-order valence-corrected chi connectivity index (χ0v) is 78.2. The minimum atomic E-state index is -0.716. The van der Waals surface area contributed by atoms with Crippen molar-refractivity contribution in [1.29, 1.82) is 0 Å². The Bertz CT molecular complexity index is 7310. The van der Waals surface area contributed by atoms with Gasteiger partial charge < -0.3 is 15.3 Å². The van der Waals surface area contributed by atoms with Gasteiger partial charge in [-0.1, -0.05) is 122 Å². The van der Waals surface area contributed by atoms with Gasteiger partial charge in [-0.3, -0.25) is 80.7 Å². The number of aromatic hydroxyl groups is 3. The smallest absolute Gasteiger partial charge is 0.276 e. The second-order valence-corrected chi connectivity index (χ2v) is 36.7. The summed E-state index contributed by atoms with van der Waals surface area (Å²) in [6.45, 7) is 8.00. The van der Waals surface area contributed by atoms with E-state index >= 15 is 0 Å². The first-order valence-electron chi connectivity index (χ1n) is 40.9. The molecule has 9 aromatic carbocycles. The van der Waals surface area contributed by atoms with E-state index in [0.29, 0.717) is 58.0 Å². The van der Waals surface area contributed by atoms with E-state index in [4.69, 9.17) is 0 Å². The molecule has 0 unspecified atom stereocenters. The molecule has 0 aliphatic rings. The van der Waals surface area contributed by atoms with Crippen molar-refractivity contribution in [2.24, 2.45) is 0 Å². The average Bonchev–Trinajstić information content (AvgIpc) is 1.71. The van der Waals surface area contributed by atoms with Crippen molar-refractivity contribution in [2.45, 2.75) is 27.7 Å². The van der Waals surface area contributed by atoms with Crippen LogP contribution in [0.4, 0.5) is 66.7 Å². The maximum absolute atomic E-state index is 13.1. The maximum Gasteiger partial charge on any atom is 0.276 e. The Kier molecular flexibility index (Phi) is 31.2. The highest BCUT2D eigenvalue weighted by molar-refractivity contribution is 7.24. The highest BCUT2D eigenvalue weighted by Gasteiger charge is 2.21. The molecule has 0 bridgehead atoms. The van der Waals surface area contributed by atoms with Crippen LogP contribution in [0.15, 0.2) is 267 Å². The Hall–Kier alpha value is -16.8. The molecule has 0 radical (unpaired) electrons. The fourth-order valence-electron chi connectivity index (χ4n) is 12.3. The van der Waals surface area contributed by atoms with Gasteiger partial charge in [0.05, 0.1) is 77.7 Å². The summed E-state index contributed by atoms with van der Waals surface area (Å²) in [7, 11) is 0. The summed E-state index contributed by atoms with van der Waals surface area (Å²) in [5.74, 6) is -6.45. The number of aromatic nitrogens is 12. The number of pyridine rings is 5. The second kappa shape index (κ2) is 44.8. The number of rotatable bonds is 14. The molecule has 12 aromatic heterocycles. The molecule has 140 heavy (non-hydrogen) atoms. The van der Waals surface area contributed by atoms with Gasteiger partial charge in [0.1, 0.15) is 74.8 Å². The van der Waals surface area contributed by atoms with Crippen LogP contribution in [0.2, 0.25) is 0 Å². The van der Waals surface area contributed by atoms with E-state index in [1.54, 1.807) is 42.5 Å². The molecule has 700 valence electrons. The molecule has 7 amide bonds. The van der Waals surface area contributed by atoms with Gasteiger partial charge in [-0.25, -0.2) is 71.8 Å². The summed E-state index contributed by atoms with van der Waals surface area (Å²) >= 11 is 9.23. The highest BCUT2D eigenvalue weighted by Crippen LogP contribution is 2.36. The average molecular weight is 2010 g/mol. The molecule has 0 atom stereocenters. The minimum Gasteiger partial charge on any atom is -0.508 e. The van der Waals surface area contributed by atoms with E-state index in [0.717, 1.165) is 114 Å². The molecule has 43 heteroatoms. The van der Waals surface area contributed by atoms with Crippen LogP contribution in [-0.4, -0.2) is 116 Å². The SMILES string of the molecule is Cc1ccc2nc(NC(=O)c3cc([18F])ccn3)sc2c1.Cc1ccc2nc(NC(=O)c3ccc([18F])cc3)sc2c1.Cc1ccc2nc(NC(=O)c3cccc([18F])c3)sc2c1.Cc1ccc2nc(NC(=O)c3cccc([18F])n3)sc2c1.O=C(Nc1nc2ccc(O)cc2s1)c1cc([18F])ccn1.O=C(Nc1nc2ccc(O)cc2s1)c1ccc([18F])cn1.O=C(Nc1nc2ccc(O)cc2s1)c1cccc([18F])n1. The lowest BCUT2D eigenvalue weighted by atomic mass is 10.2. The number of phenols is 3. The van der Waals surface area contributed by atoms with Crippen LogP contribution < -0.4 is 37.2 Å². The molecule has 12 heterocycles. The van der Waals surface area contributed by atoms with Gasteiger partial charge in [-0.05, 0) is 244 Å². The van der Waals surface area contributed by atoms with Crippen LogP contribution in [0.3, 0.4) is 0 Å². The van der Waals surface area contributed by atoms with E-state index in [1.165, 1.54) is 195 Å². The van der Waals surface area contributed by atoms with E-state index < -0.39 is 64.7 Å². The number of carbonyl (C=O) groups is 7. The quantitative estimate of drug-likeness (QED) is 0.0357. The van der Waals surface area contributed by atoms with Gasteiger partial charge in [-0.2, -0.15) is 8.78 Å². The van der Waals surface area contributed by atoms with Crippen molar-refractivity contribution < 1.29 is 79.6 Å². The Morgan fingerprint density at radius 2 is 0.521 bits per heavy atom. The Balaban J connectivity index is 0.000000124. The van der Waals surface area contributed by atoms with E-state index in [1.807, 2.05) is 100 Å². The topological polar surface area (TPSA) is 419 Å².